The Morgan fingerprint density at radius 1 is 1.44 bits per heavy atom. The molecule has 0 saturated heterocycles. The van der Waals surface area contributed by atoms with Gasteiger partial charge in [0.2, 0.25) is 0 Å². The minimum absolute atomic E-state index is 0.0124. The summed E-state index contributed by atoms with van der Waals surface area (Å²) in [5, 5.41) is 28.2. The molecule has 0 spiro atoms. The Bertz CT molecular complexity index is 234. The van der Waals surface area contributed by atoms with Crippen molar-refractivity contribution in [3.8, 4) is 0 Å². The number of nitrogens with zero attached hydrogens (tertiary/aromatic N) is 1. The second-order valence-electron chi connectivity index (χ2n) is 3.20. The molecule has 0 saturated carbocycles. The number of hydrogen-bond donors (Lipinski definition) is 4. The van der Waals surface area contributed by atoms with Gasteiger partial charge in [0.25, 0.3) is 0 Å². The summed E-state index contributed by atoms with van der Waals surface area (Å²) in [6.07, 6.45) is -1.14. The Morgan fingerprint density at radius 3 is 2.50 bits per heavy atom. The van der Waals surface area contributed by atoms with Crippen LogP contribution in [0.3, 0.4) is 0 Å². The van der Waals surface area contributed by atoms with Gasteiger partial charge in [-0.1, -0.05) is 0 Å². The van der Waals surface area contributed by atoms with Crippen LogP contribution in [-0.2, 0) is 4.79 Å². The highest BCUT2D eigenvalue weighted by molar-refractivity contribution is 5.76. The van der Waals surface area contributed by atoms with Crippen molar-refractivity contribution < 1.29 is 24.9 Å². The Morgan fingerprint density at radius 2 is 2.06 bits per heavy atom. The highest BCUT2D eigenvalue weighted by Gasteiger charge is 2.16. The standard InChI is InChI=1S/C9H18N2O5/c1-2-11(4-3-5-12)9(16)10-6-7(13)8(14)15/h7,12-13H,2-6H2,1H3,(H,10,16)(H,14,15)/t7-/m0/s1. The maximum atomic E-state index is 11.4. The fourth-order valence-electron chi connectivity index (χ4n) is 1.05. The topological polar surface area (TPSA) is 110 Å². The molecule has 2 amide bonds. The Balaban J connectivity index is 3.96. The highest BCUT2D eigenvalue weighted by Crippen LogP contribution is 1.92. The van der Waals surface area contributed by atoms with Crippen LogP contribution in [0.25, 0.3) is 0 Å². The largest absolute Gasteiger partial charge is 0.479 e. The van der Waals surface area contributed by atoms with Gasteiger partial charge in [-0.05, 0) is 13.3 Å². The van der Waals surface area contributed by atoms with E-state index in [0.29, 0.717) is 19.5 Å². The summed E-state index contributed by atoms with van der Waals surface area (Å²) in [6, 6.07) is -0.448. The average Bonchev–Trinajstić information content (AvgIpc) is 2.26. The van der Waals surface area contributed by atoms with Crippen LogP contribution in [0.2, 0.25) is 0 Å². The lowest BCUT2D eigenvalue weighted by atomic mass is 10.3. The summed E-state index contributed by atoms with van der Waals surface area (Å²) in [5.41, 5.74) is 0. The van der Waals surface area contributed by atoms with Gasteiger partial charge in [0.1, 0.15) is 0 Å². The summed E-state index contributed by atoms with van der Waals surface area (Å²) in [6.45, 7) is 2.27. The van der Waals surface area contributed by atoms with Gasteiger partial charge >= 0.3 is 12.0 Å². The van der Waals surface area contributed by atoms with Crippen LogP contribution in [0.5, 0.6) is 0 Å². The first-order valence-corrected chi connectivity index (χ1v) is 5.07. The quantitative estimate of drug-likeness (QED) is 0.444. The number of aliphatic carboxylic acids is 1. The van der Waals surface area contributed by atoms with Crippen LogP contribution < -0.4 is 5.32 Å². The van der Waals surface area contributed by atoms with Crippen molar-refractivity contribution in [3.05, 3.63) is 0 Å². The van der Waals surface area contributed by atoms with Crippen molar-refractivity contribution >= 4 is 12.0 Å². The van der Waals surface area contributed by atoms with E-state index in [-0.39, 0.29) is 13.2 Å². The molecule has 0 rings (SSSR count). The minimum Gasteiger partial charge on any atom is -0.479 e. The van der Waals surface area contributed by atoms with Crippen molar-refractivity contribution in [2.45, 2.75) is 19.4 Å². The van der Waals surface area contributed by atoms with E-state index in [9.17, 15) is 9.59 Å². The molecule has 0 aliphatic rings. The normalized spacial score (nSPS) is 11.9. The molecule has 0 radical (unpaired) electrons. The molecule has 0 aliphatic heterocycles. The van der Waals surface area contributed by atoms with Crippen molar-refractivity contribution in [2.24, 2.45) is 0 Å². The third-order valence-electron chi connectivity index (χ3n) is 1.99. The molecule has 1 atom stereocenters. The molecule has 16 heavy (non-hydrogen) atoms. The fraction of sp³-hybridized carbons (Fsp3) is 0.778. The molecule has 0 aromatic heterocycles. The molecule has 0 aromatic carbocycles. The maximum absolute atomic E-state index is 11.4. The molecule has 0 aromatic rings. The van der Waals surface area contributed by atoms with Crippen molar-refractivity contribution in [1.29, 1.82) is 0 Å². The van der Waals surface area contributed by atoms with Gasteiger partial charge in [0.05, 0.1) is 6.54 Å². The number of hydrogen-bond acceptors (Lipinski definition) is 4. The lowest BCUT2D eigenvalue weighted by molar-refractivity contribution is -0.146. The summed E-state index contributed by atoms with van der Waals surface area (Å²) in [7, 11) is 0. The highest BCUT2D eigenvalue weighted by atomic mass is 16.4. The Hall–Kier alpha value is -1.34. The van der Waals surface area contributed by atoms with Crippen LogP contribution in [0.15, 0.2) is 0 Å². The van der Waals surface area contributed by atoms with Gasteiger partial charge in [0, 0.05) is 19.7 Å². The Kier molecular flexibility index (Phi) is 7.23. The number of urea groups is 1. The van der Waals surface area contributed by atoms with E-state index >= 15 is 0 Å². The lowest BCUT2D eigenvalue weighted by Gasteiger charge is -2.21. The first-order chi connectivity index (χ1) is 7.52. The fourth-order valence-corrected chi connectivity index (χ4v) is 1.05. The van der Waals surface area contributed by atoms with Crippen LogP contribution in [0.4, 0.5) is 4.79 Å². The molecule has 0 aliphatic carbocycles. The van der Waals surface area contributed by atoms with E-state index in [1.54, 1.807) is 6.92 Å². The van der Waals surface area contributed by atoms with E-state index < -0.39 is 18.1 Å². The van der Waals surface area contributed by atoms with Gasteiger partial charge in [-0.3, -0.25) is 0 Å². The predicted octanol–water partition coefficient (Wildman–Crippen LogP) is -1.15. The first kappa shape index (κ1) is 14.7. The molecular weight excluding hydrogens is 216 g/mol. The van der Waals surface area contributed by atoms with E-state index in [1.165, 1.54) is 4.90 Å². The maximum Gasteiger partial charge on any atom is 0.334 e. The molecule has 0 fully saturated rings. The predicted molar refractivity (Wildman–Crippen MR) is 56.0 cm³/mol. The number of carbonyl (C=O) groups excluding carboxylic acids is 1. The van der Waals surface area contributed by atoms with Gasteiger partial charge in [-0.25, -0.2) is 9.59 Å². The van der Waals surface area contributed by atoms with Gasteiger partial charge < -0.3 is 25.5 Å². The number of rotatable bonds is 7. The zero-order valence-corrected chi connectivity index (χ0v) is 9.22. The summed E-state index contributed by atoms with van der Waals surface area (Å²) >= 11 is 0. The van der Waals surface area contributed by atoms with Crippen molar-refractivity contribution in [2.75, 3.05) is 26.2 Å². The molecule has 7 nitrogen and oxygen atoms in total. The number of carboxylic acid groups (broad SMARTS) is 1. The SMILES string of the molecule is CCN(CCCO)C(=O)NC[C@H](O)C(=O)O. The monoisotopic (exact) mass is 234 g/mol. The molecule has 0 unspecified atom stereocenters. The van der Waals surface area contributed by atoms with E-state index in [2.05, 4.69) is 5.32 Å². The number of carbonyl (C=O) groups is 2. The van der Waals surface area contributed by atoms with E-state index in [0.717, 1.165) is 0 Å². The zero-order chi connectivity index (χ0) is 12.6. The zero-order valence-electron chi connectivity index (χ0n) is 9.22. The molecule has 0 heterocycles. The number of aliphatic hydroxyl groups excluding tert-OH is 2. The number of nitrogens with one attached hydrogen (secondary N) is 1. The van der Waals surface area contributed by atoms with Crippen LogP contribution >= 0.6 is 0 Å². The van der Waals surface area contributed by atoms with E-state index in [4.69, 9.17) is 15.3 Å². The first-order valence-electron chi connectivity index (χ1n) is 5.07. The third kappa shape index (κ3) is 5.52. The van der Waals surface area contributed by atoms with Crippen LogP contribution in [0.1, 0.15) is 13.3 Å². The van der Waals surface area contributed by atoms with Gasteiger partial charge in [0.15, 0.2) is 6.10 Å². The third-order valence-corrected chi connectivity index (χ3v) is 1.99. The summed E-state index contributed by atoms with van der Waals surface area (Å²) in [5.74, 6) is -1.38. The average molecular weight is 234 g/mol. The second kappa shape index (κ2) is 7.89. The number of aliphatic hydroxyl groups is 2. The molecule has 94 valence electrons. The van der Waals surface area contributed by atoms with Crippen LogP contribution in [0, 0.1) is 0 Å². The summed E-state index contributed by atoms with van der Waals surface area (Å²) < 4.78 is 0. The smallest absolute Gasteiger partial charge is 0.334 e. The lowest BCUT2D eigenvalue weighted by Crippen LogP contribution is -2.44. The van der Waals surface area contributed by atoms with Crippen LogP contribution in [-0.4, -0.2) is 64.6 Å². The molecular formula is C9H18N2O5. The minimum atomic E-state index is -1.60. The Labute approximate surface area is 93.7 Å². The molecule has 7 heteroatoms. The van der Waals surface area contributed by atoms with Gasteiger partial charge in [-0.2, -0.15) is 0 Å². The second-order valence-corrected chi connectivity index (χ2v) is 3.20. The van der Waals surface area contributed by atoms with E-state index in [1.807, 2.05) is 0 Å². The molecule has 4 N–H and O–H groups in total. The van der Waals surface area contributed by atoms with Crippen molar-refractivity contribution in [3.63, 3.8) is 0 Å². The van der Waals surface area contributed by atoms with Crippen molar-refractivity contribution in [1.82, 2.24) is 10.2 Å². The summed E-state index contributed by atoms with van der Waals surface area (Å²) in [4.78, 5) is 23.1. The number of amides is 2. The number of carboxylic acids is 1. The molecule has 0 bridgehead atoms. The van der Waals surface area contributed by atoms with Gasteiger partial charge in [-0.15, -0.1) is 0 Å².